The fourth-order valence-corrected chi connectivity index (χ4v) is 3.74. The van der Waals surface area contributed by atoms with Crippen LogP contribution >= 0.6 is 0 Å². The summed E-state index contributed by atoms with van der Waals surface area (Å²) < 4.78 is 7.50. The molecule has 0 bridgehead atoms. The molecule has 1 fully saturated rings. The first-order valence-corrected chi connectivity index (χ1v) is 9.19. The summed E-state index contributed by atoms with van der Waals surface area (Å²) in [5.74, 6) is 2.06. The van der Waals surface area contributed by atoms with Gasteiger partial charge in [0.25, 0.3) is 0 Å². The molecular formula is C20H25N5O. The van der Waals surface area contributed by atoms with Gasteiger partial charge in [0.15, 0.2) is 5.65 Å². The molecule has 1 aromatic carbocycles. The Labute approximate surface area is 154 Å². The number of aromatic nitrogens is 3. The summed E-state index contributed by atoms with van der Waals surface area (Å²) in [4.78, 5) is 9.51. The summed E-state index contributed by atoms with van der Waals surface area (Å²) >= 11 is 0. The Morgan fingerprint density at radius 2 is 2.04 bits per heavy atom. The Balaban J connectivity index is 1.63. The predicted molar refractivity (Wildman–Crippen MR) is 104 cm³/mol. The van der Waals surface area contributed by atoms with Gasteiger partial charge in [-0.2, -0.15) is 9.61 Å². The number of rotatable bonds is 4. The molecule has 1 aliphatic heterocycles. The van der Waals surface area contributed by atoms with Gasteiger partial charge in [-0.1, -0.05) is 19.1 Å². The number of methoxy groups -OCH3 is 1. The lowest BCUT2D eigenvalue weighted by Gasteiger charge is -2.42. The zero-order valence-corrected chi connectivity index (χ0v) is 15.6. The van der Waals surface area contributed by atoms with E-state index in [1.165, 1.54) is 0 Å². The monoisotopic (exact) mass is 351 g/mol. The zero-order chi connectivity index (χ0) is 18.1. The average Bonchev–Trinajstić information content (AvgIpc) is 3.16. The van der Waals surface area contributed by atoms with Crippen LogP contribution in [0.1, 0.15) is 19.5 Å². The first kappa shape index (κ1) is 16.7. The number of hydrogen-bond acceptors (Lipinski definition) is 5. The van der Waals surface area contributed by atoms with Crippen LogP contribution in [-0.4, -0.2) is 47.4 Å². The molecule has 0 N–H and O–H groups in total. The van der Waals surface area contributed by atoms with Crippen LogP contribution in [0.2, 0.25) is 0 Å². The van der Waals surface area contributed by atoms with Gasteiger partial charge in [-0.25, -0.2) is 4.98 Å². The molecular weight excluding hydrogens is 326 g/mol. The molecule has 1 atom stereocenters. The van der Waals surface area contributed by atoms with Gasteiger partial charge in [0, 0.05) is 43.5 Å². The lowest BCUT2D eigenvalue weighted by molar-refractivity contribution is 0.412. The van der Waals surface area contributed by atoms with E-state index in [9.17, 15) is 0 Å². The highest BCUT2D eigenvalue weighted by Gasteiger charge is 2.27. The molecule has 1 saturated heterocycles. The van der Waals surface area contributed by atoms with Gasteiger partial charge >= 0.3 is 0 Å². The molecule has 6 heteroatoms. The highest BCUT2D eigenvalue weighted by molar-refractivity contribution is 5.60. The molecule has 4 rings (SSSR count). The number of piperazine rings is 1. The van der Waals surface area contributed by atoms with E-state index >= 15 is 0 Å². The topological polar surface area (TPSA) is 45.9 Å². The standard InChI is InChI=1S/C20H25N5O/c1-4-16-13-20(25-19(22-16)9-10-21-25)24-12-11-23(14-15(24)2)17-7-5-6-8-18(17)26-3/h5-10,13,15H,4,11-12,14H2,1-3H3/t15-/m0/s1. The summed E-state index contributed by atoms with van der Waals surface area (Å²) in [6.45, 7) is 7.22. The maximum atomic E-state index is 5.55. The molecule has 3 aromatic rings. The number of ether oxygens (including phenoxy) is 1. The van der Waals surface area contributed by atoms with E-state index in [1.807, 2.05) is 28.9 Å². The van der Waals surface area contributed by atoms with E-state index in [1.54, 1.807) is 7.11 Å². The van der Waals surface area contributed by atoms with Gasteiger partial charge in [-0.3, -0.25) is 0 Å². The summed E-state index contributed by atoms with van der Waals surface area (Å²) in [7, 11) is 1.73. The molecule has 6 nitrogen and oxygen atoms in total. The van der Waals surface area contributed by atoms with Crippen molar-refractivity contribution in [3.63, 3.8) is 0 Å². The summed E-state index contributed by atoms with van der Waals surface area (Å²) in [6.07, 6.45) is 2.74. The smallest absolute Gasteiger partial charge is 0.157 e. The predicted octanol–water partition coefficient (Wildman–Crippen LogP) is 3.02. The van der Waals surface area contributed by atoms with Crippen LogP contribution in [0.5, 0.6) is 5.75 Å². The third-order valence-electron chi connectivity index (χ3n) is 5.10. The molecule has 1 aliphatic rings. The molecule has 136 valence electrons. The minimum Gasteiger partial charge on any atom is -0.495 e. The Hall–Kier alpha value is -2.76. The van der Waals surface area contributed by atoms with Crippen LogP contribution in [0, 0.1) is 0 Å². The number of fused-ring (bicyclic) bond motifs is 1. The Morgan fingerprint density at radius 1 is 1.19 bits per heavy atom. The van der Waals surface area contributed by atoms with Crippen LogP contribution in [0.4, 0.5) is 11.5 Å². The van der Waals surface area contributed by atoms with Crippen molar-refractivity contribution in [1.29, 1.82) is 0 Å². The van der Waals surface area contributed by atoms with Gasteiger partial charge in [0.1, 0.15) is 11.6 Å². The average molecular weight is 351 g/mol. The van der Waals surface area contributed by atoms with E-state index in [-0.39, 0.29) is 0 Å². The molecule has 0 amide bonds. The Morgan fingerprint density at radius 3 is 2.81 bits per heavy atom. The van der Waals surface area contributed by atoms with Gasteiger partial charge in [-0.15, -0.1) is 0 Å². The van der Waals surface area contributed by atoms with Gasteiger partial charge in [0.05, 0.1) is 19.0 Å². The largest absolute Gasteiger partial charge is 0.495 e. The van der Waals surface area contributed by atoms with Crippen LogP contribution < -0.4 is 14.5 Å². The van der Waals surface area contributed by atoms with Gasteiger partial charge in [0.2, 0.25) is 0 Å². The number of nitrogens with zero attached hydrogens (tertiary/aromatic N) is 5. The fourth-order valence-electron chi connectivity index (χ4n) is 3.74. The summed E-state index contributed by atoms with van der Waals surface area (Å²) in [5, 5.41) is 4.49. The van der Waals surface area contributed by atoms with Gasteiger partial charge < -0.3 is 14.5 Å². The molecule has 3 heterocycles. The van der Waals surface area contributed by atoms with E-state index in [0.29, 0.717) is 6.04 Å². The van der Waals surface area contributed by atoms with Crippen LogP contribution in [-0.2, 0) is 6.42 Å². The van der Waals surface area contributed by atoms with Crippen molar-refractivity contribution in [1.82, 2.24) is 14.6 Å². The quantitative estimate of drug-likeness (QED) is 0.723. The van der Waals surface area contributed by atoms with Crippen molar-refractivity contribution >= 4 is 17.2 Å². The Bertz CT molecular complexity index is 906. The number of anilines is 2. The maximum absolute atomic E-state index is 5.55. The van der Waals surface area contributed by atoms with Crippen molar-refractivity contribution in [2.45, 2.75) is 26.3 Å². The first-order chi connectivity index (χ1) is 12.7. The van der Waals surface area contributed by atoms with E-state index in [2.05, 4.69) is 51.9 Å². The van der Waals surface area contributed by atoms with Gasteiger partial charge in [-0.05, 0) is 25.5 Å². The third-order valence-corrected chi connectivity index (χ3v) is 5.10. The third kappa shape index (κ3) is 2.85. The first-order valence-electron chi connectivity index (χ1n) is 9.19. The second-order valence-electron chi connectivity index (χ2n) is 6.72. The normalized spacial score (nSPS) is 17.7. The van der Waals surface area contributed by atoms with Crippen molar-refractivity contribution in [3.05, 3.63) is 48.3 Å². The molecule has 0 saturated carbocycles. The second kappa shape index (κ2) is 6.86. The molecule has 26 heavy (non-hydrogen) atoms. The molecule has 0 radical (unpaired) electrons. The van der Waals surface area contributed by atoms with Crippen LogP contribution in [0.25, 0.3) is 5.65 Å². The maximum Gasteiger partial charge on any atom is 0.157 e. The summed E-state index contributed by atoms with van der Waals surface area (Å²) in [5.41, 5.74) is 3.18. The zero-order valence-electron chi connectivity index (χ0n) is 15.6. The van der Waals surface area contributed by atoms with Crippen molar-refractivity contribution < 1.29 is 4.74 Å². The molecule has 0 aliphatic carbocycles. The minimum atomic E-state index is 0.355. The number of benzene rings is 1. The second-order valence-corrected chi connectivity index (χ2v) is 6.72. The SMILES string of the molecule is CCc1cc(N2CCN(c3ccccc3OC)C[C@@H]2C)n2nccc2n1. The molecule has 0 unspecified atom stereocenters. The van der Waals surface area contributed by atoms with Crippen molar-refractivity contribution in [2.75, 3.05) is 36.5 Å². The van der Waals surface area contributed by atoms with Crippen molar-refractivity contribution in [3.8, 4) is 5.75 Å². The van der Waals surface area contributed by atoms with Crippen LogP contribution in [0.3, 0.4) is 0 Å². The highest BCUT2D eigenvalue weighted by Crippen LogP contribution is 2.31. The van der Waals surface area contributed by atoms with Crippen molar-refractivity contribution in [2.24, 2.45) is 0 Å². The summed E-state index contributed by atoms with van der Waals surface area (Å²) in [6, 6.07) is 12.7. The lowest BCUT2D eigenvalue weighted by Crippen LogP contribution is -2.52. The lowest BCUT2D eigenvalue weighted by atomic mass is 10.1. The van der Waals surface area contributed by atoms with E-state index in [4.69, 9.17) is 4.74 Å². The number of hydrogen-bond donors (Lipinski definition) is 0. The molecule has 0 spiro atoms. The Kier molecular flexibility index (Phi) is 4.41. The number of aryl methyl sites for hydroxylation is 1. The highest BCUT2D eigenvalue weighted by atomic mass is 16.5. The van der Waals surface area contributed by atoms with E-state index < -0.39 is 0 Å². The number of para-hydroxylation sites is 2. The fraction of sp³-hybridized carbons (Fsp3) is 0.400. The van der Waals surface area contributed by atoms with Crippen LogP contribution in [0.15, 0.2) is 42.6 Å². The van der Waals surface area contributed by atoms with E-state index in [0.717, 1.165) is 54.7 Å². The minimum absolute atomic E-state index is 0.355. The molecule has 2 aromatic heterocycles.